The van der Waals surface area contributed by atoms with Crippen molar-refractivity contribution < 1.29 is 18.0 Å². The van der Waals surface area contributed by atoms with E-state index in [-0.39, 0.29) is 17.5 Å². The summed E-state index contributed by atoms with van der Waals surface area (Å²) in [5.41, 5.74) is 0.514. The summed E-state index contributed by atoms with van der Waals surface area (Å²) in [5.74, 6) is -0.288. The van der Waals surface area contributed by atoms with Gasteiger partial charge < -0.3 is 4.90 Å². The summed E-state index contributed by atoms with van der Waals surface area (Å²) in [6.07, 6.45) is 1.75. The fourth-order valence-electron chi connectivity index (χ4n) is 2.99. The molecule has 3 heterocycles. The van der Waals surface area contributed by atoms with Crippen LogP contribution in [-0.4, -0.2) is 54.3 Å². The quantitative estimate of drug-likeness (QED) is 0.847. The van der Waals surface area contributed by atoms with Crippen LogP contribution in [0.3, 0.4) is 0 Å². The molecule has 1 amide bonds. The molecule has 0 spiro atoms. The minimum Gasteiger partial charge on any atom is -0.334 e. The Morgan fingerprint density at radius 2 is 2.17 bits per heavy atom. The molecule has 2 aromatic rings. The SMILES string of the molecule is Cc1nn(CC(F)(F)F)cc1C(=O)N1CCC[C@H]1Cn1ccnn1. The molecule has 1 atom stereocenters. The molecule has 24 heavy (non-hydrogen) atoms. The van der Waals surface area contributed by atoms with Crippen LogP contribution in [0.2, 0.25) is 0 Å². The normalized spacial score (nSPS) is 18.3. The number of aryl methyl sites for hydroxylation is 1. The minimum atomic E-state index is -4.37. The number of carbonyl (C=O) groups is 1. The number of rotatable bonds is 4. The van der Waals surface area contributed by atoms with Gasteiger partial charge in [0.15, 0.2) is 0 Å². The van der Waals surface area contributed by atoms with Gasteiger partial charge in [-0.1, -0.05) is 5.21 Å². The number of alkyl halides is 3. The van der Waals surface area contributed by atoms with E-state index < -0.39 is 12.7 Å². The Labute approximate surface area is 136 Å². The van der Waals surface area contributed by atoms with Crippen LogP contribution in [0.5, 0.6) is 0 Å². The van der Waals surface area contributed by atoms with E-state index in [4.69, 9.17) is 0 Å². The molecule has 130 valence electrons. The van der Waals surface area contributed by atoms with E-state index in [0.717, 1.165) is 17.5 Å². The Bertz CT molecular complexity index is 709. The van der Waals surface area contributed by atoms with Crippen molar-refractivity contribution in [2.75, 3.05) is 6.54 Å². The topological polar surface area (TPSA) is 68.8 Å². The molecule has 0 aromatic carbocycles. The van der Waals surface area contributed by atoms with E-state index in [1.54, 1.807) is 28.9 Å². The molecule has 1 saturated heterocycles. The van der Waals surface area contributed by atoms with Crippen LogP contribution in [0.15, 0.2) is 18.6 Å². The van der Waals surface area contributed by atoms with E-state index in [9.17, 15) is 18.0 Å². The molecule has 0 radical (unpaired) electrons. The third-order valence-electron chi connectivity index (χ3n) is 4.03. The standard InChI is InChI=1S/C14H17F3N6O/c1-10-12(8-22(19-10)9-14(15,16)17)13(24)23-5-2-3-11(23)7-21-6-4-18-20-21/h4,6,8,11H,2-3,5,7,9H2,1H3/t11-/m0/s1. The maximum atomic E-state index is 12.7. The highest BCUT2D eigenvalue weighted by atomic mass is 19.4. The summed E-state index contributed by atoms with van der Waals surface area (Å²) >= 11 is 0. The molecular weight excluding hydrogens is 325 g/mol. The smallest absolute Gasteiger partial charge is 0.334 e. The lowest BCUT2D eigenvalue weighted by Crippen LogP contribution is -2.38. The second-order valence-electron chi connectivity index (χ2n) is 5.86. The second-order valence-corrected chi connectivity index (χ2v) is 5.86. The second kappa shape index (κ2) is 6.25. The van der Waals surface area contributed by atoms with Crippen molar-refractivity contribution in [2.45, 2.75) is 45.1 Å². The Kier molecular flexibility index (Phi) is 4.29. The highest BCUT2D eigenvalue weighted by molar-refractivity contribution is 5.95. The van der Waals surface area contributed by atoms with Gasteiger partial charge in [0.2, 0.25) is 0 Å². The van der Waals surface area contributed by atoms with Crippen molar-refractivity contribution in [1.82, 2.24) is 29.7 Å². The molecule has 7 nitrogen and oxygen atoms in total. The fourth-order valence-corrected chi connectivity index (χ4v) is 2.99. The monoisotopic (exact) mass is 342 g/mol. The third-order valence-corrected chi connectivity index (χ3v) is 4.03. The fraction of sp³-hybridized carbons (Fsp3) is 0.571. The predicted octanol–water partition coefficient (Wildman–Crippen LogP) is 1.65. The first kappa shape index (κ1) is 16.5. The van der Waals surface area contributed by atoms with Crippen LogP contribution < -0.4 is 0 Å². The van der Waals surface area contributed by atoms with Gasteiger partial charge in [-0.05, 0) is 19.8 Å². The molecule has 0 unspecified atom stereocenters. The number of nitrogens with zero attached hydrogens (tertiary/aromatic N) is 6. The summed E-state index contributed by atoms with van der Waals surface area (Å²) < 4.78 is 39.9. The molecule has 1 fully saturated rings. The molecule has 0 saturated carbocycles. The molecule has 1 aliphatic heterocycles. The van der Waals surface area contributed by atoms with Gasteiger partial charge in [-0.25, -0.2) is 0 Å². The Balaban J connectivity index is 1.75. The van der Waals surface area contributed by atoms with Crippen LogP contribution in [0.4, 0.5) is 13.2 Å². The Hall–Kier alpha value is -2.39. The molecule has 0 aliphatic carbocycles. The van der Waals surface area contributed by atoms with Gasteiger partial charge in [0.25, 0.3) is 5.91 Å². The number of hydrogen-bond donors (Lipinski definition) is 0. The first-order valence-corrected chi connectivity index (χ1v) is 7.59. The van der Waals surface area contributed by atoms with E-state index in [1.165, 1.54) is 6.20 Å². The van der Waals surface area contributed by atoms with E-state index in [2.05, 4.69) is 15.4 Å². The van der Waals surface area contributed by atoms with Gasteiger partial charge in [-0.3, -0.25) is 14.2 Å². The number of carbonyl (C=O) groups excluding carboxylic acids is 1. The van der Waals surface area contributed by atoms with Crippen LogP contribution in [0.25, 0.3) is 0 Å². The zero-order valence-electron chi connectivity index (χ0n) is 13.1. The van der Waals surface area contributed by atoms with E-state index >= 15 is 0 Å². The van der Waals surface area contributed by atoms with Gasteiger partial charge >= 0.3 is 6.18 Å². The summed E-state index contributed by atoms with van der Waals surface area (Å²) in [7, 11) is 0. The van der Waals surface area contributed by atoms with Crippen molar-refractivity contribution in [3.63, 3.8) is 0 Å². The third kappa shape index (κ3) is 3.57. The lowest BCUT2D eigenvalue weighted by atomic mass is 10.2. The number of aromatic nitrogens is 5. The molecule has 0 N–H and O–H groups in total. The first-order chi connectivity index (χ1) is 11.3. The average Bonchev–Trinajstić information content (AvgIpc) is 3.19. The molecule has 0 bridgehead atoms. The number of likely N-dealkylation sites (tertiary alicyclic amines) is 1. The Morgan fingerprint density at radius 3 is 2.83 bits per heavy atom. The van der Waals surface area contributed by atoms with Gasteiger partial charge in [-0.2, -0.15) is 18.3 Å². The van der Waals surface area contributed by atoms with Crippen LogP contribution in [0.1, 0.15) is 28.9 Å². The van der Waals surface area contributed by atoms with Gasteiger partial charge in [0.05, 0.1) is 30.0 Å². The lowest BCUT2D eigenvalue weighted by Gasteiger charge is -2.24. The molecule has 10 heteroatoms. The maximum absolute atomic E-state index is 12.7. The van der Waals surface area contributed by atoms with Crippen molar-refractivity contribution in [2.24, 2.45) is 0 Å². The summed E-state index contributed by atoms with van der Waals surface area (Å²) in [6, 6.07) is -0.0513. The van der Waals surface area contributed by atoms with Crippen LogP contribution in [0, 0.1) is 6.92 Å². The average molecular weight is 342 g/mol. The molecular formula is C14H17F3N6O. The zero-order chi connectivity index (χ0) is 17.3. The number of halogens is 3. The molecule has 1 aliphatic rings. The van der Waals surface area contributed by atoms with Crippen molar-refractivity contribution in [3.05, 3.63) is 29.8 Å². The summed E-state index contributed by atoms with van der Waals surface area (Å²) in [6.45, 7) is 1.43. The van der Waals surface area contributed by atoms with Crippen LogP contribution in [-0.2, 0) is 13.1 Å². The van der Waals surface area contributed by atoms with Crippen molar-refractivity contribution >= 4 is 5.91 Å². The van der Waals surface area contributed by atoms with E-state index in [1.807, 2.05) is 0 Å². The van der Waals surface area contributed by atoms with Crippen molar-refractivity contribution in [3.8, 4) is 0 Å². The van der Waals surface area contributed by atoms with Gasteiger partial charge in [-0.15, -0.1) is 5.10 Å². The highest BCUT2D eigenvalue weighted by Gasteiger charge is 2.33. The predicted molar refractivity (Wildman–Crippen MR) is 77.1 cm³/mol. The zero-order valence-corrected chi connectivity index (χ0v) is 13.1. The van der Waals surface area contributed by atoms with Gasteiger partial charge in [0, 0.05) is 18.9 Å². The minimum absolute atomic E-state index is 0.0513. The summed E-state index contributed by atoms with van der Waals surface area (Å²) in [4.78, 5) is 14.4. The van der Waals surface area contributed by atoms with E-state index in [0.29, 0.717) is 18.8 Å². The Morgan fingerprint density at radius 1 is 1.38 bits per heavy atom. The lowest BCUT2D eigenvalue weighted by molar-refractivity contribution is -0.142. The van der Waals surface area contributed by atoms with Crippen molar-refractivity contribution in [1.29, 1.82) is 0 Å². The largest absolute Gasteiger partial charge is 0.408 e. The van der Waals surface area contributed by atoms with Crippen LogP contribution >= 0.6 is 0 Å². The highest BCUT2D eigenvalue weighted by Crippen LogP contribution is 2.23. The van der Waals surface area contributed by atoms with Gasteiger partial charge in [0.1, 0.15) is 6.54 Å². The molecule has 3 rings (SSSR count). The number of hydrogen-bond acceptors (Lipinski definition) is 4. The maximum Gasteiger partial charge on any atom is 0.408 e. The molecule has 2 aromatic heterocycles. The first-order valence-electron chi connectivity index (χ1n) is 7.59. The summed E-state index contributed by atoms with van der Waals surface area (Å²) in [5, 5.41) is 11.4. The number of amides is 1.